The molecule has 1 aromatic carbocycles. The SMILES string of the molecule is C[C@@H]1CN2C(=N[C@@H](c3ccccn3)[C@H]2c2ccc(N3CCCCC3)cc2)S1. The van der Waals surface area contributed by atoms with E-state index in [1.807, 2.05) is 24.0 Å². The van der Waals surface area contributed by atoms with Crippen molar-refractivity contribution in [3.05, 3.63) is 59.9 Å². The molecular formula is C22H26N4S. The summed E-state index contributed by atoms with van der Waals surface area (Å²) < 4.78 is 0. The number of hydrogen-bond donors (Lipinski definition) is 0. The minimum absolute atomic E-state index is 0.0852. The summed E-state index contributed by atoms with van der Waals surface area (Å²) in [7, 11) is 0. The average molecular weight is 379 g/mol. The van der Waals surface area contributed by atoms with Crippen molar-refractivity contribution in [3.8, 4) is 0 Å². The van der Waals surface area contributed by atoms with Crippen LogP contribution in [0.25, 0.3) is 0 Å². The zero-order valence-corrected chi connectivity index (χ0v) is 16.6. The number of fused-ring (bicyclic) bond motifs is 1. The summed E-state index contributed by atoms with van der Waals surface area (Å²) in [6.07, 6.45) is 5.87. The number of rotatable bonds is 3. The molecule has 27 heavy (non-hydrogen) atoms. The van der Waals surface area contributed by atoms with Crippen LogP contribution in [0.4, 0.5) is 5.69 Å². The third-order valence-corrected chi connectivity index (χ3v) is 6.94. The van der Waals surface area contributed by atoms with Gasteiger partial charge in [0.15, 0.2) is 5.17 Å². The number of amidine groups is 1. The number of anilines is 1. The molecule has 4 heterocycles. The lowest BCUT2D eigenvalue weighted by atomic mass is 9.96. The van der Waals surface area contributed by atoms with Gasteiger partial charge in [-0.15, -0.1) is 0 Å². The van der Waals surface area contributed by atoms with E-state index in [4.69, 9.17) is 4.99 Å². The summed E-state index contributed by atoms with van der Waals surface area (Å²) in [6, 6.07) is 15.7. The van der Waals surface area contributed by atoms with Crippen molar-refractivity contribution in [1.29, 1.82) is 0 Å². The van der Waals surface area contributed by atoms with Crippen molar-refractivity contribution in [1.82, 2.24) is 9.88 Å². The topological polar surface area (TPSA) is 31.7 Å². The van der Waals surface area contributed by atoms with Crippen LogP contribution in [0.2, 0.25) is 0 Å². The summed E-state index contributed by atoms with van der Waals surface area (Å²) in [4.78, 5) is 14.7. The number of hydrogen-bond acceptors (Lipinski definition) is 5. The van der Waals surface area contributed by atoms with Crippen molar-refractivity contribution in [2.45, 2.75) is 43.5 Å². The van der Waals surface area contributed by atoms with Crippen LogP contribution in [-0.2, 0) is 0 Å². The third-order valence-electron chi connectivity index (χ3n) is 5.84. The van der Waals surface area contributed by atoms with E-state index >= 15 is 0 Å². The maximum Gasteiger partial charge on any atom is 0.160 e. The Morgan fingerprint density at radius 2 is 1.81 bits per heavy atom. The molecule has 2 fully saturated rings. The lowest BCUT2D eigenvalue weighted by Crippen LogP contribution is -2.30. The lowest BCUT2D eigenvalue weighted by molar-refractivity contribution is 0.321. The van der Waals surface area contributed by atoms with Gasteiger partial charge in [-0.25, -0.2) is 0 Å². The van der Waals surface area contributed by atoms with E-state index in [-0.39, 0.29) is 12.1 Å². The number of aromatic nitrogens is 1. The van der Waals surface area contributed by atoms with Crippen LogP contribution in [0.5, 0.6) is 0 Å². The van der Waals surface area contributed by atoms with Crippen molar-refractivity contribution < 1.29 is 0 Å². The van der Waals surface area contributed by atoms with Gasteiger partial charge in [-0.2, -0.15) is 0 Å². The second kappa shape index (κ2) is 7.19. The normalized spacial score (nSPS) is 27.6. The summed E-state index contributed by atoms with van der Waals surface area (Å²) >= 11 is 1.90. The molecule has 0 unspecified atom stereocenters. The Balaban J connectivity index is 1.46. The highest BCUT2D eigenvalue weighted by Gasteiger charge is 2.43. The Labute approximate surface area is 165 Å². The van der Waals surface area contributed by atoms with Crippen LogP contribution in [0, 0.1) is 0 Å². The number of piperidine rings is 1. The van der Waals surface area contributed by atoms with Gasteiger partial charge in [0.2, 0.25) is 0 Å². The second-order valence-corrected chi connectivity index (χ2v) is 9.18. The molecule has 3 aliphatic rings. The van der Waals surface area contributed by atoms with E-state index in [9.17, 15) is 0 Å². The second-order valence-electron chi connectivity index (χ2n) is 7.78. The predicted octanol–water partition coefficient (Wildman–Crippen LogP) is 4.66. The Kier molecular flexibility index (Phi) is 4.56. The highest BCUT2D eigenvalue weighted by molar-refractivity contribution is 8.14. The van der Waals surface area contributed by atoms with Crippen molar-refractivity contribution >= 4 is 22.6 Å². The van der Waals surface area contributed by atoms with Gasteiger partial charge in [0.1, 0.15) is 6.04 Å². The molecule has 3 atom stereocenters. The minimum atomic E-state index is 0.0852. The van der Waals surface area contributed by atoms with Crippen LogP contribution in [-0.4, -0.2) is 39.9 Å². The van der Waals surface area contributed by atoms with Crippen LogP contribution in [0.3, 0.4) is 0 Å². The van der Waals surface area contributed by atoms with Gasteiger partial charge in [0, 0.05) is 36.8 Å². The molecule has 4 nitrogen and oxygen atoms in total. The molecule has 0 saturated carbocycles. The fourth-order valence-electron chi connectivity index (χ4n) is 4.51. The monoisotopic (exact) mass is 378 g/mol. The van der Waals surface area contributed by atoms with E-state index in [0.717, 1.165) is 12.2 Å². The van der Waals surface area contributed by atoms with Crippen LogP contribution < -0.4 is 4.90 Å². The van der Waals surface area contributed by atoms with Crippen LogP contribution >= 0.6 is 11.8 Å². The molecule has 0 bridgehead atoms. The summed E-state index contributed by atoms with van der Waals surface area (Å²) in [5.41, 5.74) is 3.77. The number of nitrogens with zero attached hydrogens (tertiary/aromatic N) is 4. The molecule has 1 aromatic heterocycles. The number of thioether (sulfide) groups is 1. The Hall–Kier alpha value is -2.01. The third kappa shape index (κ3) is 3.22. The van der Waals surface area contributed by atoms with E-state index in [1.165, 1.54) is 48.8 Å². The van der Waals surface area contributed by atoms with Gasteiger partial charge < -0.3 is 9.80 Å². The summed E-state index contributed by atoms with van der Waals surface area (Å²) in [5.74, 6) is 0. The molecule has 0 aliphatic carbocycles. The largest absolute Gasteiger partial charge is 0.372 e. The van der Waals surface area contributed by atoms with E-state index < -0.39 is 0 Å². The van der Waals surface area contributed by atoms with Gasteiger partial charge in [0.05, 0.1) is 11.7 Å². The van der Waals surface area contributed by atoms with Crippen molar-refractivity contribution in [2.75, 3.05) is 24.5 Å². The minimum Gasteiger partial charge on any atom is -0.372 e. The summed E-state index contributed by atoms with van der Waals surface area (Å²) in [6.45, 7) is 5.73. The molecular weight excluding hydrogens is 352 g/mol. The lowest BCUT2D eigenvalue weighted by Gasteiger charge is -2.30. The first-order chi connectivity index (χ1) is 13.3. The maximum atomic E-state index is 5.07. The first-order valence-electron chi connectivity index (χ1n) is 10.1. The molecule has 2 saturated heterocycles. The van der Waals surface area contributed by atoms with Gasteiger partial charge in [-0.05, 0) is 49.1 Å². The predicted molar refractivity (Wildman–Crippen MR) is 113 cm³/mol. The smallest absolute Gasteiger partial charge is 0.160 e. The molecule has 2 aromatic rings. The number of aliphatic imine (C=N–C) groups is 1. The molecule has 140 valence electrons. The van der Waals surface area contributed by atoms with Gasteiger partial charge in [-0.1, -0.05) is 36.9 Å². The fourth-order valence-corrected chi connectivity index (χ4v) is 5.61. The molecule has 0 radical (unpaired) electrons. The van der Waals surface area contributed by atoms with Gasteiger partial charge >= 0.3 is 0 Å². The highest BCUT2D eigenvalue weighted by Crippen LogP contribution is 2.47. The maximum absolute atomic E-state index is 5.07. The molecule has 0 spiro atoms. The number of benzene rings is 1. The van der Waals surface area contributed by atoms with Crippen LogP contribution in [0.1, 0.15) is 49.5 Å². The molecule has 5 heteroatoms. The van der Waals surface area contributed by atoms with E-state index in [2.05, 4.69) is 58.1 Å². The zero-order valence-electron chi connectivity index (χ0n) is 15.8. The van der Waals surface area contributed by atoms with Crippen LogP contribution in [0.15, 0.2) is 53.7 Å². The van der Waals surface area contributed by atoms with E-state index in [0.29, 0.717) is 5.25 Å². The fraction of sp³-hybridized carbons (Fsp3) is 0.455. The average Bonchev–Trinajstić information content (AvgIpc) is 3.25. The Bertz CT molecular complexity index is 814. The standard InChI is InChI=1S/C22H26N4S/c1-16-15-26-21(20(24-22(26)27-16)19-7-3-4-12-23-19)17-8-10-18(11-9-17)25-13-5-2-6-14-25/h3-4,7-12,16,20-21H,2,5-6,13-15H2,1H3/t16-,20+,21-/m1/s1. The zero-order chi connectivity index (χ0) is 18.2. The molecule has 3 aliphatic heterocycles. The van der Waals surface area contributed by atoms with Gasteiger partial charge in [0.25, 0.3) is 0 Å². The highest BCUT2D eigenvalue weighted by atomic mass is 32.2. The molecule has 5 rings (SSSR count). The van der Waals surface area contributed by atoms with Gasteiger partial charge in [-0.3, -0.25) is 9.98 Å². The van der Waals surface area contributed by atoms with Crippen molar-refractivity contribution in [3.63, 3.8) is 0 Å². The first-order valence-corrected chi connectivity index (χ1v) is 10.9. The first kappa shape index (κ1) is 17.1. The Morgan fingerprint density at radius 1 is 1.00 bits per heavy atom. The Morgan fingerprint density at radius 3 is 2.56 bits per heavy atom. The molecule has 0 amide bonds. The van der Waals surface area contributed by atoms with E-state index in [1.54, 1.807) is 0 Å². The van der Waals surface area contributed by atoms with Crippen molar-refractivity contribution in [2.24, 2.45) is 4.99 Å². The molecule has 0 N–H and O–H groups in total. The number of pyridine rings is 1. The quantitative estimate of drug-likeness (QED) is 0.777. The summed E-state index contributed by atoms with van der Waals surface area (Å²) in [5, 5.41) is 1.78.